The highest BCUT2D eigenvalue weighted by molar-refractivity contribution is 8.13. The van der Waals surface area contributed by atoms with Gasteiger partial charge in [0.05, 0.1) is 6.10 Å². The van der Waals surface area contributed by atoms with Gasteiger partial charge in [0.2, 0.25) is 0 Å². The van der Waals surface area contributed by atoms with Crippen molar-refractivity contribution in [2.24, 2.45) is 0 Å². The molecule has 0 saturated heterocycles. The van der Waals surface area contributed by atoms with Crippen LogP contribution < -0.4 is 0 Å². The standard InChI is InChI=1S/C12H14Cl2O3S/c1-7(15)18-6-5-10(16)12(17)11-8(13)3-2-4-9(11)14/h2-4,10,12,16-17H,5-6H2,1H3. The van der Waals surface area contributed by atoms with Gasteiger partial charge in [-0.2, -0.15) is 0 Å². The molecule has 100 valence electrons. The lowest BCUT2D eigenvalue weighted by Crippen LogP contribution is -2.20. The number of hydrogen-bond acceptors (Lipinski definition) is 4. The zero-order valence-electron chi connectivity index (χ0n) is 9.77. The van der Waals surface area contributed by atoms with Gasteiger partial charge >= 0.3 is 0 Å². The van der Waals surface area contributed by atoms with E-state index >= 15 is 0 Å². The summed E-state index contributed by atoms with van der Waals surface area (Å²) < 4.78 is 0. The SMILES string of the molecule is CC(=O)SCCC(O)C(O)c1c(Cl)cccc1Cl. The fraction of sp³-hybridized carbons (Fsp3) is 0.417. The summed E-state index contributed by atoms with van der Waals surface area (Å²) in [5, 5.41) is 20.4. The Hall–Kier alpha value is -0.260. The molecular weight excluding hydrogens is 295 g/mol. The molecule has 0 heterocycles. The molecule has 2 atom stereocenters. The minimum absolute atomic E-state index is 0.0209. The van der Waals surface area contributed by atoms with E-state index in [4.69, 9.17) is 23.2 Å². The molecule has 0 aliphatic heterocycles. The average molecular weight is 309 g/mol. The van der Waals surface area contributed by atoms with Crippen molar-refractivity contribution in [3.8, 4) is 0 Å². The first-order valence-corrected chi connectivity index (χ1v) is 7.11. The van der Waals surface area contributed by atoms with Crippen molar-refractivity contribution in [3.05, 3.63) is 33.8 Å². The van der Waals surface area contributed by atoms with Crippen molar-refractivity contribution in [2.45, 2.75) is 25.6 Å². The van der Waals surface area contributed by atoms with Gasteiger partial charge in [-0.1, -0.05) is 41.0 Å². The number of thioether (sulfide) groups is 1. The summed E-state index contributed by atoms with van der Waals surface area (Å²) in [6.45, 7) is 1.46. The summed E-state index contributed by atoms with van der Waals surface area (Å²) in [6, 6.07) is 4.87. The van der Waals surface area contributed by atoms with E-state index in [1.807, 2.05) is 0 Å². The maximum atomic E-state index is 10.7. The number of carbonyl (C=O) groups excluding carboxylic acids is 1. The van der Waals surface area contributed by atoms with E-state index in [9.17, 15) is 15.0 Å². The molecule has 0 aliphatic carbocycles. The number of halogens is 2. The second-order valence-electron chi connectivity index (χ2n) is 3.78. The second kappa shape index (κ2) is 7.36. The Balaban J connectivity index is 2.68. The van der Waals surface area contributed by atoms with Crippen LogP contribution in [0.25, 0.3) is 0 Å². The van der Waals surface area contributed by atoms with Crippen LogP contribution >= 0.6 is 35.0 Å². The summed E-state index contributed by atoms with van der Waals surface area (Å²) in [6.07, 6.45) is -1.87. The van der Waals surface area contributed by atoms with E-state index in [1.54, 1.807) is 18.2 Å². The van der Waals surface area contributed by atoms with Gasteiger partial charge in [0.15, 0.2) is 5.12 Å². The molecule has 1 rings (SSSR count). The number of rotatable bonds is 5. The molecule has 0 radical (unpaired) electrons. The van der Waals surface area contributed by atoms with Gasteiger partial charge < -0.3 is 10.2 Å². The van der Waals surface area contributed by atoms with Crippen LogP contribution in [0.2, 0.25) is 10.0 Å². The molecule has 0 bridgehead atoms. The predicted molar refractivity (Wildman–Crippen MR) is 75.2 cm³/mol. The van der Waals surface area contributed by atoms with E-state index in [2.05, 4.69) is 0 Å². The number of aliphatic hydroxyl groups excluding tert-OH is 2. The van der Waals surface area contributed by atoms with Gasteiger partial charge in [-0.05, 0) is 18.6 Å². The van der Waals surface area contributed by atoms with Crippen LogP contribution in [-0.4, -0.2) is 27.2 Å². The molecule has 0 aromatic heterocycles. The molecule has 0 fully saturated rings. The minimum atomic E-state index is -1.15. The van der Waals surface area contributed by atoms with Gasteiger partial charge in [-0.15, -0.1) is 0 Å². The van der Waals surface area contributed by atoms with Gasteiger partial charge in [0.1, 0.15) is 6.10 Å². The zero-order valence-corrected chi connectivity index (χ0v) is 12.1. The van der Waals surface area contributed by atoms with E-state index in [1.165, 1.54) is 6.92 Å². The maximum Gasteiger partial charge on any atom is 0.185 e. The zero-order chi connectivity index (χ0) is 13.7. The van der Waals surface area contributed by atoms with Gasteiger partial charge in [-0.3, -0.25) is 4.79 Å². The lowest BCUT2D eigenvalue weighted by atomic mass is 10.0. The van der Waals surface area contributed by atoms with Crippen LogP contribution in [0.1, 0.15) is 25.0 Å². The molecule has 0 saturated carbocycles. The molecule has 1 aromatic rings. The Labute approximate surface area is 120 Å². The van der Waals surface area contributed by atoms with Crippen molar-refractivity contribution < 1.29 is 15.0 Å². The van der Waals surface area contributed by atoms with Gasteiger partial charge in [0.25, 0.3) is 0 Å². The minimum Gasteiger partial charge on any atom is -0.390 e. The fourth-order valence-corrected chi connectivity index (χ4v) is 2.73. The molecule has 3 nitrogen and oxygen atoms in total. The van der Waals surface area contributed by atoms with E-state index in [0.717, 1.165) is 11.8 Å². The Morgan fingerprint density at radius 2 is 1.89 bits per heavy atom. The number of hydrogen-bond donors (Lipinski definition) is 2. The van der Waals surface area contributed by atoms with E-state index < -0.39 is 12.2 Å². The third-order valence-corrected chi connectivity index (χ3v) is 3.88. The highest BCUT2D eigenvalue weighted by atomic mass is 35.5. The van der Waals surface area contributed by atoms with Crippen LogP contribution in [0.4, 0.5) is 0 Å². The largest absolute Gasteiger partial charge is 0.390 e. The van der Waals surface area contributed by atoms with Crippen LogP contribution in [0.15, 0.2) is 18.2 Å². The molecule has 0 amide bonds. The summed E-state index contributed by atoms with van der Waals surface area (Å²) in [5.74, 6) is 0.440. The molecule has 2 unspecified atom stereocenters. The lowest BCUT2D eigenvalue weighted by molar-refractivity contribution is -0.109. The third-order valence-electron chi connectivity index (χ3n) is 2.38. The Morgan fingerprint density at radius 3 is 2.39 bits per heavy atom. The summed E-state index contributed by atoms with van der Waals surface area (Å²) in [5.41, 5.74) is 0.321. The summed E-state index contributed by atoms with van der Waals surface area (Å²) in [4.78, 5) is 10.7. The Morgan fingerprint density at radius 1 is 1.33 bits per heavy atom. The fourth-order valence-electron chi connectivity index (χ4n) is 1.47. The summed E-state index contributed by atoms with van der Waals surface area (Å²) >= 11 is 13.0. The second-order valence-corrected chi connectivity index (χ2v) is 5.86. The quantitative estimate of drug-likeness (QED) is 0.877. The van der Waals surface area contributed by atoms with E-state index in [-0.39, 0.29) is 11.5 Å². The first-order valence-electron chi connectivity index (χ1n) is 5.37. The van der Waals surface area contributed by atoms with Gasteiger partial charge in [0, 0.05) is 28.3 Å². The smallest absolute Gasteiger partial charge is 0.185 e. The molecule has 6 heteroatoms. The highest BCUT2D eigenvalue weighted by Gasteiger charge is 2.23. The van der Waals surface area contributed by atoms with Crippen molar-refractivity contribution in [2.75, 3.05) is 5.75 Å². The third kappa shape index (κ3) is 4.44. The first kappa shape index (κ1) is 15.8. The van der Waals surface area contributed by atoms with Crippen LogP contribution in [-0.2, 0) is 4.79 Å². The Bertz CT molecular complexity index is 406. The van der Waals surface area contributed by atoms with Crippen molar-refractivity contribution >= 4 is 40.1 Å². The summed E-state index contributed by atoms with van der Waals surface area (Å²) in [7, 11) is 0. The molecule has 2 N–H and O–H groups in total. The molecule has 0 aliphatic rings. The molecular formula is C12H14Cl2O3S. The van der Waals surface area contributed by atoms with Crippen LogP contribution in [0.3, 0.4) is 0 Å². The van der Waals surface area contributed by atoms with Crippen LogP contribution in [0.5, 0.6) is 0 Å². The topological polar surface area (TPSA) is 57.5 Å². The highest BCUT2D eigenvalue weighted by Crippen LogP contribution is 2.32. The van der Waals surface area contributed by atoms with Crippen molar-refractivity contribution in [1.29, 1.82) is 0 Å². The molecule has 1 aromatic carbocycles. The predicted octanol–water partition coefficient (Wildman–Crippen LogP) is 3.06. The number of aliphatic hydroxyl groups is 2. The maximum absolute atomic E-state index is 10.7. The number of benzene rings is 1. The molecule has 18 heavy (non-hydrogen) atoms. The van der Waals surface area contributed by atoms with Gasteiger partial charge in [-0.25, -0.2) is 0 Å². The first-order chi connectivity index (χ1) is 8.43. The Kier molecular flexibility index (Phi) is 6.46. The molecule has 0 spiro atoms. The lowest BCUT2D eigenvalue weighted by Gasteiger charge is -2.20. The normalized spacial score (nSPS) is 14.3. The van der Waals surface area contributed by atoms with Crippen molar-refractivity contribution in [3.63, 3.8) is 0 Å². The van der Waals surface area contributed by atoms with Crippen molar-refractivity contribution in [1.82, 2.24) is 0 Å². The van der Waals surface area contributed by atoms with E-state index in [0.29, 0.717) is 21.4 Å². The monoisotopic (exact) mass is 308 g/mol. The van der Waals surface area contributed by atoms with Crippen LogP contribution in [0, 0.1) is 0 Å². The number of carbonyl (C=O) groups is 1. The average Bonchev–Trinajstić information content (AvgIpc) is 2.27.